The van der Waals surface area contributed by atoms with Crippen LogP contribution in [0.25, 0.3) is 0 Å². The number of nitrogens with zero attached hydrogens (tertiary/aromatic N) is 2. The fourth-order valence-corrected chi connectivity index (χ4v) is 5.54. The molecule has 8 heteroatoms. The van der Waals surface area contributed by atoms with Gasteiger partial charge in [0.05, 0.1) is 10.6 Å². The highest BCUT2D eigenvalue weighted by molar-refractivity contribution is 7.92. The Kier molecular flexibility index (Phi) is 9.69. The molecule has 2 amide bonds. The lowest BCUT2D eigenvalue weighted by atomic mass is 10.1. The summed E-state index contributed by atoms with van der Waals surface area (Å²) in [5, 5.41) is 2.87. The van der Waals surface area contributed by atoms with E-state index < -0.39 is 28.5 Å². The van der Waals surface area contributed by atoms with Gasteiger partial charge in [-0.05, 0) is 75.1 Å². The fourth-order valence-electron chi connectivity index (χ4n) is 4.11. The lowest BCUT2D eigenvalue weighted by Gasteiger charge is -2.32. The molecule has 3 rings (SSSR count). The Morgan fingerprint density at radius 3 is 2.05 bits per heavy atom. The van der Waals surface area contributed by atoms with Gasteiger partial charge in [0.25, 0.3) is 10.0 Å². The SMILES string of the molecule is CCc1ccc(N(CC(=O)N(Cc2ccccc2C)[C@H](C)C(=O)NC(C)C)S(=O)(=O)c2ccccc2)cc1. The third-order valence-corrected chi connectivity index (χ3v) is 8.23. The Morgan fingerprint density at radius 1 is 0.868 bits per heavy atom. The molecule has 0 unspecified atom stereocenters. The molecule has 0 fully saturated rings. The smallest absolute Gasteiger partial charge is 0.264 e. The molecule has 0 aromatic heterocycles. The number of amides is 2. The summed E-state index contributed by atoms with van der Waals surface area (Å²) in [6.45, 7) is 9.06. The van der Waals surface area contributed by atoms with Crippen molar-refractivity contribution in [3.8, 4) is 0 Å². The molecule has 0 spiro atoms. The van der Waals surface area contributed by atoms with Crippen molar-refractivity contribution < 1.29 is 18.0 Å². The Hall–Kier alpha value is -3.65. The normalized spacial score (nSPS) is 12.2. The second kappa shape index (κ2) is 12.7. The molecule has 1 N–H and O–H groups in total. The largest absolute Gasteiger partial charge is 0.352 e. The molecule has 202 valence electrons. The number of rotatable bonds is 11. The van der Waals surface area contributed by atoms with Crippen LogP contribution in [-0.2, 0) is 32.6 Å². The highest BCUT2D eigenvalue weighted by Gasteiger charge is 2.32. The van der Waals surface area contributed by atoms with Gasteiger partial charge < -0.3 is 10.2 Å². The second-order valence-electron chi connectivity index (χ2n) is 9.63. The first-order valence-corrected chi connectivity index (χ1v) is 14.3. The van der Waals surface area contributed by atoms with Crippen molar-refractivity contribution in [2.75, 3.05) is 10.8 Å². The molecule has 0 aliphatic heterocycles. The van der Waals surface area contributed by atoms with E-state index in [0.717, 1.165) is 27.4 Å². The summed E-state index contributed by atoms with van der Waals surface area (Å²) in [6.07, 6.45) is 0.803. The summed E-state index contributed by atoms with van der Waals surface area (Å²) < 4.78 is 28.7. The van der Waals surface area contributed by atoms with Gasteiger partial charge >= 0.3 is 0 Å². The van der Waals surface area contributed by atoms with Crippen molar-refractivity contribution in [2.45, 2.75) is 64.6 Å². The lowest BCUT2D eigenvalue weighted by Crippen LogP contribution is -2.52. The number of hydrogen-bond donors (Lipinski definition) is 1. The first-order chi connectivity index (χ1) is 18.0. The Morgan fingerprint density at radius 2 is 1.47 bits per heavy atom. The summed E-state index contributed by atoms with van der Waals surface area (Å²) in [5.74, 6) is -0.773. The van der Waals surface area contributed by atoms with Crippen LogP contribution in [0, 0.1) is 6.92 Å². The molecule has 0 saturated heterocycles. The molecule has 1 atom stereocenters. The zero-order valence-electron chi connectivity index (χ0n) is 22.7. The van der Waals surface area contributed by atoms with Gasteiger partial charge in [-0.2, -0.15) is 0 Å². The zero-order chi connectivity index (χ0) is 27.9. The van der Waals surface area contributed by atoms with Crippen LogP contribution in [0.2, 0.25) is 0 Å². The minimum absolute atomic E-state index is 0.0865. The molecule has 0 aliphatic rings. The third kappa shape index (κ3) is 7.01. The van der Waals surface area contributed by atoms with E-state index in [1.54, 1.807) is 37.3 Å². The van der Waals surface area contributed by atoms with Crippen molar-refractivity contribution in [3.63, 3.8) is 0 Å². The van der Waals surface area contributed by atoms with Gasteiger partial charge in [-0.25, -0.2) is 8.42 Å². The zero-order valence-corrected chi connectivity index (χ0v) is 23.5. The van der Waals surface area contributed by atoms with Gasteiger partial charge in [0.2, 0.25) is 11.8 Å². The highest BCUT2D eigenvalue weighted by atomic mass is 32.2. The van der Waals surface area contributed by atoms with E-state index in [9.17, 15) is 18.0 Å². The van der Waals surface area contributed by atoms with Gasteiger partial charge in [-0.3, -0.25) is 13.9 Å². The third-order valence-electron chi connectivity index (χ3n) is 6.44. The summed E-state index contributed by atoms with van der Waals surface area (Å²) >= 11 is 0. The summed E-state index contributed by atoms with van der Waals surface area (Å²) in [6, 6.07) is 21.9. The van der Waals surface area contributed by atoms with Crippen LogP contribution < -0.4 is 9.62 Å². The quantitative estimate of drug-likeness (QED) is 0.386. The average Bonchev–Trinajstić information content (AvgIpc) is 2.91. The molecule has 7 nitrogen and oxygen atoms in total. The van der Waals surface area contributed by atoms with Gasteiger partial charge in [0.1, 0.15) is 12.6 Å². The van der Waals surface area contributed by atoms with Crippen LogP contribution in [0.5, 0.6) is 0 Å². The number of hydrogen-bond acceptors (Lipinski definition) is 4. The van der Waals surface area contributed by atoms with Crippen LogP contribution in [0.4, 0.5) is 5.69 Å². The van der Waals surface area contributed by atoms with Crippen molar-refractivity contribution >= 4 is 27.5 Å². The van der Waals surface area contributed by atoms with Crippen LogP contribution in [0.1, 0.15) is 44.4 Å². The number of carbonyl (C=O) groups excluding carboxylic acids is 2. The van der Waals surface area contributed by atoms with E-state index in [1.165, 1.54) is 17.0 Å². The maximum Gasteiger partial charge on any atom is 0.264 e. The van der Waals surface area contributed by atoms with E-state index in [-0.39, 0.29) is 23.4 Å². The molecule has 0 aliphatic carbocycles. The second-order valence-corrected chi connectivity index (χ2v) is 11.5. The Bertz CT molecular complexity index is 1340. The van der Waals surface area contributed by atoms with Gasteiger partial charge in [-0.15, -0.1) is 0 Å². The monoisotopic (exact) mass is 535 g/mol. The first-order valence-electron chi connectivity index (χ1n) is 12.9. The summed E-state index contributed by atoms with van der Waals surface area (Å²) in [7, 11) is -4.06. The molecule has 3 aromatic carbocycles. The van der Waals surface area contributed by atoms with Gasteiger partial charge in [0, 0.05) is 12.6 Å². The maximum absolute atomic E-state index is 13.9. The maximum atomic E-state index is 13.9. The van der Waals surface area contributed by atoms with Crippen molar-refractivity contribution in [1.82, 2.24) is 10.2 Å². The first kappa shape index (κ1) is 28.9. The van der Waals surface area contributed by atoms with Gasteiger partial charge in [0.15, 0.2) is 0 Å². The Labute approximate surface area is 226 Å². The fraction of sp³-hybridized carbons (Fsp3) is 0.333. The number of sulfonamides is 1. The summed E-state index contributed by atoms with van der Waals surface area (Å²) in [4.78, 5) is 28.4. The summed E-state index contributed by atoms with van der Waals surface area (Å²) in [5.41, 5.74) is 3.30. The molecule has 3 aromatic rings. The van der Waals surface area contributed by atoms with E-state index >= 15 is 0 Å². The number of aryl methyl sites for hydroxylation is 2. The molecule has 38 heavy (non-hydrogen) atoms. The molecule has 0 radical (unpaired) electrons. The highest BCUT2D eigenvalue weighted by Crippen LogP contribution is 2.25. The van der Waals surface area contributed by atoms with Crippen LogP contribution in [0.15, 0.2) is 83.8 Å². The average molecular weight is 536 g/mol. The topological polar surface area (TPSA) is 86.8 Å². The van der Waals surface area contributed by atoms with Crippen LogP contribution in [-0.4, -0.2) is 43.8 Å². The van der Waals surface area contributed by atoms with Crippen LogP contribution >= 0.6 is 0 Å². The van der Waals surface area contributed by atoms with Gasteiger partial charge in [-0.1, -0.05) is 61.5 Å². The van der Waals surface area contributed by atoms with Crippen molar-refractivity contribution in [2.24, 2.45) is 0 Å². The van der Waals surface area contributed by atoms with E-state index in [2.05, 4.69) is 5.32 Å². The molecular weight excluding hydrogens is 498 g/mol. The number of benzene rings is 3. The minimum atomic E-state index is -4.06. The standard InChI is InChI=1S/C30H37N3O4S/c1-6-25-16-18-27(19-17-25)33(38(36,37)28-14-8-7-9-15-28)21-29(34)32(24(5)30(35)31-22(2)3)20-26-13-11-10-12-23(26)4/h7-19,22,24H,6,20-21H2,1-5H3,(H,31,35)/t24-/m1/s1. The molecule has 0 saturated carbocycles. The number of anilines is 1. The molecular formula is C30H37N3O4S. The van der Waals surface area contributed by atoms with Crippen LogP contribution in [0.3, 0.4) is 0 Å². The predicted molar refractivity (Wildman–Crippen MR) is 151 cm³/mol. The molecule has 0 heterocycles. The van der Waals surface area contributed by atoms with E-state index in [4.69, 9.17) is 0 Å². The van der Waals surface area contributed by atoms with Crippen molar-refractivity contribution in [1.29, 1.82) is 0 Å². The lowest BCUT2D eigenvalue weighted by molar-refractivity contribution is -0.139. The number of carbonyl (C=O) groups is 2. The number of nitrogens with one attached hydrogen (secondary N) is 1. The Balaban J connectivity index is 2.03. The van der Waals surface area contributed by atoms with E-state index in [1.807, 2.05) is 64.1 Å². The predicted octanol–water partition coefficient (Wildman–Crippen LogP) is 4.69. The van der Waals surface area contributed by atoms with E-state index in [0.29, 0.717) is 5.69 Å². The molecule has 0 bridgehead atoms. The minimum Gasteiger partial charge on any atom is -0.352 e. The van der Waals surface area contributed by atoms with Crippen molar-refractivity contribution in [3.05, 3.63) is 95.6 Å².